The van der Waals surface area contributed by atoms with Crippen LogP contribution in [-0.4, -0.2) is 47.4 Å². The van der Waals surface area contributed by atoms with E-state index in [0.717, 1.165) is 6.26 Å². The normalized spacial score (nSPS) is 10.8. The van der Waals surface area contributed by atoms with Crippen LogP contribution in [0.15, 0.2) is 47.4 Å². The molecule has 0 unspecified atom stereocenters. The molecule has 8 nitrogen and oxygen atoms in total. The number of anilines is 1. The van der Waals surface area contributed by atoms with E-state index < -0.39 is 28.3 Å². The topological polar surface area (TPSA) is 108 Å². The second-order valence-electron chi connectivity index (χ2n) is 5.49. The molecule has 2 rings (SSSR count). The number of sulfone groups is 1. The molecule has 0 radical (unpaired) electrons. The molecule has 2 aromatic carbocycles. The molecule has 0 aliphatic heterocycles. The van der Waals surface area contributed by atoms with Crippen LogP contribution in [0.4, 0.5) is 5.69 Å². The van der Waals surface area contributed by atoms with Crippen LogP contribution < -0.4 is 14.8 Å². The van der Waals surface area contributed by atoms with Gasteiger partial charge in [0, 0.05) is 12.3 Å². The molecular formula is C18H19NO7S. The van der Waals surface area contributed by atoms with Crippen molar-refractivity contribution in [3.63, 3.8) is 0 Å². The Kier molecular flexibility index (Phi) is 6.40. The molecule has 0 saturated heterocycles. The maximum Gasteiger partial charge on any atom is 0.338 e. The van der Waals surface area contributed by atoms with Gasteiger partial charge in [-0.3, -0.25) is 4.79 Å². The van der Waals surface area contributed by atoms with Gasteiger partial charge in [0.2, 0.25) is 0 Å². The number of hydrogen-bond donors (Lipinski definition) is 1. The van der Waals surface area contributed by atoms with Crippen LogP contribution in [0.2, 0.25) is 0 Å². The lowest BCUT2D eigenvalue weighted by Crippen LogP contribution is -2.21. The average Bonchev–Trinajstić information content (AvgIpc) is 2.65. The van der Waals surface area contributed by atoms with E-state index >= 15 is 0 Å². The second-order valence-corrected chi connectivity index (χ2v) is 7.51. The van der Waals surface area contributed by atoms with E-state index in [1.54, 1.807) is 18.2 Å². The Bertz CT molecular complexity index is 954. The Morgan fingerprint density at radius 2 is 1.78 bits per heavy atom. The summed E-state index contributed by atoms with van der Waals surface area (Å²) in [6.07, 6.45) is 1.03. The quantitative estimate of drug-likeness (QED) is 0.716. The molecular weight excluding hydrogens is 374 g/mol. The molecule has 9 heteroatoms. The fourth-order valence-electron chi connectivity index (χ4n) is 2.16. The second kappa shape index (κ2) is 8.54. The summed E-state index contributed by atoms with van der Waals surface area (Å²) < 4.78 is 38.3. The molecule has 0 aliphatic carbocycles. The molecule has 0 aliphatic rings. The van der Waals surface area contributed by atoms with Crippen molar-refractivity contribution in [3.8, 4) is 11.5 Å². The first-order valence-electron chi connectivity index (χ1n) is 7.73. The van der Waals surface area contributed by atoms with Crippen molar-refractivity contribution >= 4 is 27.4 Å². The number of amides is 1. The molecule has 0 spiro atoms. The molecule has 0 heterocycles. The number of ether oxygens (including phenoxy) is 3. The summed E-state index contributed by atoms with van der Waals surface area (Å²) in [7, 11) is -0.507. The first-order valence-corrected chi connectivity index (χ1v) is 9.63. The van der Waals surface area contributed by atoms with Crippen LogP contribution in [0.5, 0.6) is 11.5 Å². The zero-order chi connectivity index (χ0) is 20.0. The lowest BCUT2D eigenvalue weighted by molar-refractivity contribution is -0.119. The first kappa shape index (κ1) is 20.2. The van der Waals surface area contributed by atoms with Crippen molar-refractivity contribution < 1.29 is 32.2 Å². The molecule has 1 amide bonds. The Labute approximate surface area is 157 Å². The fraction of sp³-hybridized carbons (Fsp3) is 0.222. The first-order chi connectivity index (χ1) is 12.7. The number of nitrogens with one attached hydrogen (secondary N) is 1. The van der Waals surface area contributed by atoms with Gasteiger partial charge in [-0.25, -0.2) is 13.2 Å². The summed E-state index contributed by atoms with van der Waals surface area (Å²) in [5, 5.41) is 2.56. The smallest absolute Gasteiger partial charge is 0.338 e. The van der Waals surface area contributed by atoms with E-state index in [2.05, 4.69) is 5.32 Å². The van der Waals surface area contributed by atoms with Gasteiger partial charge < -0.3 is 19.5 Å². The van der Waals surface area contributed by atoms with Gasteiger partial charge in [0.25, 0.3) is 5.91 Å². The highest BCUT2D eigenvalue weighted by Gasteiger charge is 2.15. The standard InChI is InChI=1S/C18H19NO7S/c1-24-13-7-8-15(16(10-13)25-2)19-17(20)11-26-18(21)12-5-4-6-14(9-12)27(3,22)23/h4-10H,11H2,1-3H3,(H,19,20). The van der Waals surface area contributed by atoms with Crippen LogP contribution in [0.1, 0.15) is 10.4 Å². The molecule has 144 valence electrons. The minimum Gasteiger partial charge on any atom is -0.497 e. The molecule has 1 N–H and O–H groups in total. The van der Waals surface area contributed by atoms with E-state index in [9.17, 15) is 18.0 Å². The summed E-state index contributed by atoms with van der Waals surface area (Å²) in [5.74, 6) is -0.444. The number of rotatable bonds is 7. The van der Waals surface area contributed by atoms with Gasteiger partial charge in [-0.05, 0) is 30.3 Å². The number of methoxy groups -OCH3 is 2. The van der Waals surface area contributed by atoms with Gasteiger partial charge in [0.1, 0.15) is 11.5 Å². The summed E-state index contributed by atoms with van der Waals surface area (Å²) >= 11 is 0. The van der Waals surface area contributed by atoms with Crippen LogP contribution in [0.3, 0.4) is 0 Å². The molecule has 0 bridgehead atoms. The van der Waals surface area contributed by atoms with Crippen LogP contribution in [0, 0.1) is 0 Å². The van der Waals surface area contributed by atoms with Crippen molar-refractivity contribution in [1.29, 1.82) is 0 Å². The van der Waals surface area contributed by atoms with Gasteiger partial charge in [-0.1, -0.05) is 6.07 Å². The molecule has 0 aromatic heterocycles. The highest BCUT2D eigenvalue weighted by molar-refractivity contribution is 7.90. The SMILES string of the molecule is COc1ccc(NC(=O)COC(=O)c2cccc(S(C)(=O)=O)c2)c(OC)c1. The minimum atomic E-state index is -3.46. The summed E-state index contributed by atoms with van der Waals surface area (Å²) in [4.78, 5) is 24.1. The summed E-state index contributed by atoms with van der Waals surface area (Å²) in [6, 6.07) is 10.2. The van der Waals surface area contributed by atoms with Crippen molar-refractivity contribution in [1.82, 2.24) is 0 Å². The van der Waals surface area contributed by atoms with Gasteiger partial charge in [-0.15, -0.1) is 0 Å². The monoisotopic (exact) mass is 393 g/mol. The maximum absolute atomic E-state index is 12.0. The van der Waals surface area contributed by atoms with Gasteiger partial charge in [0.05, 0.1) is 30.4 Å². The van der Waals surface area contributed by atoms with Crippen molar-refractivity contribution in [3.05, 3.63) is 48.0 Å². The van der Waals surface area contributed by atoms with Gasteiger partial charge >= 0.3 is 5.97 Å². The largest absolute Gasteiger partial charge is 0.497 e. The minimum absolute atomic E-state index is 0.00984. The van der Waals surface area contributed by atoms with Crippen LogP contribution in [0.25, 0.3) is 0 Å². The molecule has 0 fully saturated rings. The van der Waals surface area contributed by atoms with E-state index in [4.69, 9.17) is 14.2 Å². The van der Waals surface area contributed by atoms with Gasteiger partial charge in [0.15, 0.2) is 16.4 Å². The highest BCUT2D eigenvalue weighted by atomic mass is 32.2. The predicted molar refractivity (Wildman–Crippen MR) is 98.0 cm³/mol. The predicted octanol–water partition coefficient (Wildman–Crippen LogP) is 1.90. The van der Waals surface area contributed by atoms with E-state index in [-0.39, 0.29) is 10.5 Å². The van der Waals surface area contributed by atoms with Crippen LogP contribution in [-0.2, 0) is 19.4 Å². The average molecular weight is 393 g/mol. The Balaban J connectivity index is 2.01. The summed E-state index contributed by atoms with van der Waals surface area (Å²) in [6.45, 7) is -0.545. The molecule has 27 heavy (non-hydrogen) atoms. The van der Waals surface area contributed by atoms with Crippen molar-refractivity contribution in [2.24, 2.45) is 0 Å². The number of benzene rings is 2. The maximum atomic E-state index is 12.0. The lowest BCUT2D eigenvalue weighted by atomic mass is 10.2. The van der Waals surface area contributed by atoms with E-state index in [1.165, 1.54) is 38.5 Å². The third-order valence-electron chi connectivity index (χ3n) is 3.52. The Morgan fingerprint density at radius 3 is 2.41 bits per heavy atom. The fourth-order valence-corrected chi connectivity index (χ4v) is 2.82. The highest BCUT2D eigenvalue weighted by Crippen LogP contribution is 2.28. The number of esters is 1. The van der Waals surface area contributed by atoms with Crippen molar-refractivity contribution in [2.45, 2.75) is 4.90 Å². The molecule has 0 saturated carbocycles. The van der Waals surface area contributed by atoms with Crippen LogP contribution >= 0.6 is 0 Å². The Hall–Kier alpha value is -3.07. The van der Waals surface area contributed by atoms with E-state index in [1.807, 2.05) is 0 Å². The molecule has 2 aromatic rings. The lowest BCUT2D eigenvalue weighted by Gasteiger charge is -2.12. The number of carbonyl (C=O) groups excluding carboxylic acids is 2. The molecule has 0 atom stereocenters. The zero-order valence-electron chi connectivity index (χ0n) is 15.0. The summed E-state index contributed by atoms with van der Waals surface area (Å²) in [5.41, 5.74) is 0.422. The van der Waals surface area contributed by atoms with E-state index in [0.29, 0.717) is 17.2 Å². The zero-order valence-corrected chi connectivity index (χ0v) is 15.8. The third kappa shape index (κ3) is 5.45. The number of hydrogen-bond acceptors (Lipinski definition) is 7. The van der Waals surface area contributed by atoms with Gasteiger partial charge in [-0.2, -0.15) is 0 Å². The third-order valence-corrected chi connectivity index (χ3v) is 4.63. The Morgan fingerprint density at radius 1 is 1.04 bits per heavy atom. The van der Waals surface area contributed by atoms with Crippen molar-refractivity contribution in [2.75, 3.05) is 32.4 Å². The number of carbonyl (C=O) groups is 2.